The monoisotopic (exact) mass is 250 g/mol. The van der Waals surface area contributed by atoms with Crippen molar-refractivity contribution in [3.05, 3.63) is 11.6 Å². The average molecular weight is 250 g/mol. The zero-order valence-corrected chi connectivity index (χ0v) is 12.0. The zero-order chi connectivity index (χ0) is 13.0. The fourth-order valence-electron chi connectivity index (χ4n) is 3.23. The topological polar surface area (TPSA) is 42.7 Å². The Bertz CT molecular complexity index is 372. The van der Waals surface area contributed by atoms with Crippen LogP contribution in [0.25, 0.3) is 0 Å². The molecule has 1 N–H and O–H groups in total. The van der Waals surface area contributed by atoms with Gasteiger partial charge in [-0.3, -0.25) is 0 Å². The molecule has 1 aromatic rings. The molecule has 0 aliphatic carbocycles. The molecule has 0 unspecified atom stereocenters. The van der Waals surface area contributed by atoms with Crippen molar-refractivity contribution < 1.29 is 0 Å². The molecule has 0 saturated carbocycles. The highest BCUT2D eigenvalue weighted by Crippen LogP contribution is 2.37. The van der Waals surface area contributed by atoms with E-state index < -0.39 is 0 Å². The van der Waals surface area contributed by atoms with Crippen LogP contribution in [-0.2, 0) is 12.0 Å². The van der Waals surface area contributed by atoms with Gasteiger partial charge in [-0.2, -0.15) is 0 Å². The van der Waals surface area contributed by atoms with E-state index in [0.29, 0.717) is 0 Å². The molecule has 4 heteroatoms. The molecule has 0 aromatic carbocycles. The maximum atomic E-state index is 4.53. The second-order valence-corrected chi connectivity index (χ2v) is 5.50. The number of hydrogen-bond donors (Lipinski definition) is 1. The van der Waals surface area contributed by atoms with Crippen molar-refractivity contribution in [3.8, 4) is 0 Å². The number of rotatable bonds is 5. The number of hydrogen-bond acceptors (Lipinski definition) is 3. The lowest BCUT2D eigenvalue weighted by molar-refractivity contribution is 0.260. The molecular weight excluding hydrogens is 224 g/mol. The number of aromatic nitrogens is 3. The lowest BCUT2D eigenvalue weighted by Gasteiger charge is -2.37. The van der Waals surface area contributed by atoms with Crippen LogP contribution < -0.4 is 5.32 Å². The van der Waals surface area contributed by atoms with E-state index in [2.05, 4.69) is 40.9 Å². The van der Waals surface area contributed by atoms with Crippen LogP contribution in [0.15, 0.2) is 0 Å². The Morgan fingerprint density at radius 3 is 2.50 bits per heavy atom. The minimum atomic E-state index is 0.260. The van der Waals surface area contributed by atoms with E-state index in [1.165, 1.54) is 31.5 Å². The second kappa shape index (κ2) is 5.83. The van der Waals surface area contributed by atoms with Gasteiger partial charge in [0, 0.05) is 12.0 Å². The first-order chi connectivity index (χ1) is 8.73. The van der Waals surface area contributed by atoms with Crippen molar-refractivity contribution in [1.29, 1.82) is 0 Å². The number of aryl methyl sites for hydroxylation is 1. The van der Waals surface area contributed by atoms with Crippen LogP contribution >= 0.6 is 0 Å². The minimum Gasteiger partial charge on any atom is -0.317 e. The third kappa shape index (κ3) is 2.44. The van der Waals surface area contributed by atoms with Gasteiger partial charge in [0.15, 0.2) is 0 Å². The van der Waals surface area contributed by atoms with Gasteiger partial charge in [-0.05, 0) is 45.7 Å². The van der Waals surface area contributed by atoms with Gasteiger partial charge >= 0.3 is 0 Å². The Hall–Kier alpha value is -0.900. The lowest BCUT2D eigenvalue weighted by Crippen LogP contribution is -2.41. The van der Waals surface area contributed by atoms with Gasteiger partial charge in [0.25, 0.3) is 0 Å². The van der Waals surface area contributed by atoms with Crippen LogP contribution in [0.1, 0.15) is 57.6 Å². The van der Waals surface area contributed by atoms with Crippen LogP contribution in [0, 0.1) is 6.92 Å². The lowest BCUT2D eigenvalue weighted by atomic mass is 9.74. The van der Waals surface area contributed by atoms with E-state index >= 15 is 0 Å². The number of piperidine rings is 1. The van der Waals surface area contributed by atoms with Gasteiger partial charge in [-0.15, -0.1) is 10.2 Å². The highest BCUT2D eigenvalue weighted by atomic mass is 15.3. The molecule has 1 saturated heterocycles. The summed E-state index contributed by atoms with van der Waals surface area (Å²) < 4.78 is 2.35. The largest absolute Gasteiger partial charge is 0.317 e. The standard InChI is InChI=1S/C14H26N4/c1-4-6-14(7-9-15-10-8-14)13-17-16-12(3)18(13)11-5-2/h15H,4-11H2,1-3H3. The maximum Gasteiger partial charge on any atom is 0.139 e. The summed E-state index contributed by atoms with van der Waals surface area (Å²) in [4.78, 5) is 0. The van der Waals surface area contributed by atoms with Crippen molar-refractivity contribution in [2.45, 2.75) is 64.8 Å². The average Bonchev–Trinajstić information content (AvgIpc) is 2.74. The first-order valence-electron chi connectivity index (χ1n) is 7.34. The van der Waals surface area contributed by atoms with Crippen molar-refractivity contribution in [1.82, 2.24) is 20.1 Å². The van der Waals surface area contributed by atoms with Gasteiger partial charge in [-0.1, -0.05) is 20.3 Å². The first-order valence-corrected chi connectivity index (χ1v) is 7.34. The van der Waals surface area contributed by atoms with E-state index in [-0.39, 0.29) is 5.41 Å². The number of nitrogens with zero attached hydrogens (tertiary/aromatic N) is 3. The quantitative estimate of drug-likeness (QED) is 0.872. The molecule has 0 amide bonds. The molecule has 1 aliphatic heterocycles. The van der Waals surface area contributed by atoms with E-state index in [0.717, 1.165) is 31.9 Å². The second-order valence-electron chi connectivity index (χ2n) is 5.50. The Labute approximate surface area is 110 Å². The predicted octanol–water partition coefficient (Wildman–Crippen LogP) is 2.42. The summed E-state index contributed by atoms with van der Waals surface area (Å²) in [6.45, 7) is 9.84. The third-order valence-electron chi connectivity index (χ3n) is 4.15. The van der Waals surface area contributed by atoms with Crippen LogP contribution in [0.5, 0.6) is 0 Å². The van der Waals surface area contributed by atoms with E-state index in [4.69, 9.17) is 0 Å². The summed E-state index contributed by atoms with van der Waals surface area (Å²) in [6, 6.07) is 0. The van der Waals surface area contributed by atoms with Crippen LogP contribution in [0.4, 0.5) is 0 Å². The highest BCUT2D eigenvalue weighted by molar-refractivity contribution is 5.12. The smallest absolute Gasteiger partial charge is 0.139 e. The SMILES string of the molecule is CCCn1c(C)nnc1C1(CCC)CCNCC1. The Kier molecular flexibility index (Phi) is 4.38. The maximum absolute atomic E-state index is 4.53. The predicted molar refractivity (Wildman–Crippen MR) is 73.7 cm³/mol. The summed E-state index contributed by atoms with van der Waals surface area (Å²) in [5.41, 5.74) is 0.260. The molecule has 1 aliphatic rings. The van der Waals surface area contributed by atoms with Crippen LogP contribution in [0.3, 0.4) is 0 Å². The van der Waals surface area contributed by atoms with Gasteiger partial charge in [-0.25, -0.2) is 0 Å². The molecule has 1 fully saturated rings. The molecule has 0 spiro atoms. The molecule has 4 nitrogen and oxygen atoms in total. The fourth-order valence-corrected chi connectivity index (χ4v) is 3.23. The molecule has 0 bridgehead atoms. The number of nitrogens with one attached hydrogen (secondary N) is 1. The van der Waals surface area contributed by atoms with Gasteiger partial charge < -0.3 is 9.88 Å². The summed E-state index contributed by atoms with van der Waals surface area (Å²) >= 11 is 0. The molecule has 2 rings (SSSR count). The summed E-state index contributed by atoms with van der Waals surface area (Å²) in [7, 11) is 0. The van der Waals surface area contributed by atoms with Crippen molar-refractivity contribution in [2.75, 3.05) is 13.1 Å². The van der Waals surface area contributed by atoms with Gasteiger partial charge in [0.1, 0.15) is 11.6 Å². The molecule has 2 heterocycles. The molecule has 102 valence electrons. The van der Waals surface area contributed by atoms with E-state index in [1.807, 2.05) is 0 Å². The fraction of sp³-hybridized carbons (Fsp3) is 0.857. The highest BCUT2D eigenvalue weighted by Gasteiger charge is 2.37. The Morgan fingerprint density at radius 1 is 1.17 bits per heavy atom. The molecule has 0 radical (unpaired) electrons. The first kappa shape index (κ1) is 13.5. The summed E-state index contributed by atoms with van der Waals surface area (Å²) in [5, 5.41) is 12.3. The van der Waals surface area contributed by atoms with E-state index in [9.17, 15) is 0 Å². The van der Waals surface area contributed by atoms with Gasteiger partial charge in [0.05, 0.1) is 0 Å². The minimum absolute atomic E-state index is 0.260. The molecular formula is C14H26N4. The Morgan fingerprint density at radius 2 is 1.89 bits per heavy atom. The van der Waals surface area contributed by atoms with Crippen LogP contribution in [0.2, 0.25) is 0 Å². The van der Waals surface area contributed by atoms with Crippen LogP contribution in [-0.4, -0.2) is 27.9 Å². The third-order valence-corrected chi connectivity index (χ3v) is 4.15. The van der Waals surface area contributed by atoms with Crippen molar-refractivity contribution >= 4 is 0 Å². The van der Waals surface area contributed by atoms with E-state index in [1.54, 1.807) is 0 Å². The summed E-state index contributed by atoms with van der Waals surface area (Å²) in [6.07, 6.45) is 5.99. The summed E-state index contributed by atoms with van der Waals surface area (Å²) in [5.74, 6) is 2.31. The van der Waals surface area contributed by atoms with Crippen molar-refractivity contribution in [2.24, 2.45) is 0 Å². The molecule has 0 atom stereocenters. The van der Waals surface area contributed by atoms with Gasteiger partial charge in [0.2, 0.25) is 0 Å². The Balaban J connectivity index is 2.35. The zero-order valence-electron chi connectivity index (χ0n) is 12.0. The van der Waals surface area contributed by atoms with Crippen molar-refractivity contribution in [3.63, 3.8) is 0 Å². The molecule has 1 aromatic heterocycles. The normalized spacial score (nSPS) is 19.1. The molecule has 18 heavy (non-hydrogen) atoms.